The van der Waals surface area contributed by atoms with E-state index in [1.165, 1.54) is 12.8 Å². The molecule has 1 atom stereocenters. The van der Waals surface area contributed by atoms with Crippen LogP contribution in [0.1, 0.15) is 63.7 Å². The zero-order chi connectivity index (χ0) is 16.4. The van der Waals surface area contributed by atoms with Crippen molar-refractivity contribution in [1.29, 1.82) is 0 Å². The Bertz CT molecular complexity index is 551. The highest BCUT2D eigenvalue weighted by atomic mass is 16.2. The molecule has 0 spiro atoms. The third kappa shape index (κ3) is 2.86. The van der Waals surface area contributed by atoms with E-state index in [4.69, 9.17) is 0 Å². The molecule has 0 N–H and O–H groups in total. The van der Waals surface area contributed by atoms with E-state index in [1.54, 1.807) is 0 Å². The number of hydrogen-bond acceptors (Lipinski definition) is 5. The van der Waals surface area contributed by atoms with Crippen molar-refractivity contribution in [2.75, 3.05) is 27.2 Å². The first-order valence-electron chi connectivity index (χ1n) is 8.82. The SMILES string of the molecule is CCC(=O)N1CCCC(c2nnnn2C2CCCC2)(N(C)C)C1. The lowest BCUT2D eigenvalue weighted by atomic mass is 9.86. The summed E-state index contributed by atoms with van der Waals surface area (Å²) in [5, 5.41) is 12.7. The molecule has 1 aliphatic carbocycles. The van der Waals surface area contributed by atoms with Gasteiger partial charge in [0.25, 0.3) is 0 Å². The minimum absolute atomic E-state index is 0.218. The van der Waals surface area contributed by atoms with Crippen LogP contribution in [0.2, 0.25) is 0 Å². The molecule has 0 aromatic carbocycles. The zero-order valence-electron chi connectivity index (χ0n) is 14.5. The number of rotatable bonds is 4. The van der Waals surface area contributed by atoms with Crippen LogP contribution in [0.5, 0.6) is 0 Å². The number of nitrogens with zero attached hydrogens (tertiary/aromatic N) is 6. The van der Waals surface area contributed by atoms with E-state index in [9.17, 15) is 4.79 Å². The van der Waals surface area contributed by atoms with E-state index in [-0.39, 0.29) is 11.4 Å². The summed E-state index contributed by atoms with van der Waals surface area (Å²) in [5.74, 6) is 1.15. The van der Waals surface area contributed by atoms with Crippen molar-refractivity contribution in [3.8, 4) is 0 Å². The van der Waals surface area contributed by atoms with Crippen molar-refractivity contribution in [2.24, 2.45) is 0 Å². The van der Waals surface area contributed by atoms with E-state index in [0.717, 1.165) is 38.1 Å². The molecule has 1 aliphatic heterocycles. The number of piperidine rings is 1. The van der Waals surface area contributed by atoms with Gasteiger partial charge in [0.05, 0.1) is 6.04 Å². The number of tetrazole rings is 1. The Kier molecular flexibility index (Phi) is 4.66. The number of hydrogen-bond donors (Lipinski definition) is 0. The highest BCUT2D eigenvalue weighted by Crippen LogP contribution is 2.38. The van der Waals surface area contributed by atoms with Crippen molar-refractivity contribution in [2.45, 2.75) is 63.5 Å². The second kappa shape index (κ2) is 6.55. The maximum Gasteiger partial charge on any atom is 0.222 e. The van der Waals surface area contributed by atoms with E-state index in [2.05, 4.69) is 34.5 Å². The van der Waals surface area contributed by atoms with Crippen molar-refractivity contribution in [1.82, 2.24) is 30.0 Å². The van der Waals surface area contributed by atoms with Gasteiger partial charge in [-0.15, -0.1) is 5.10 Å². The van der Waals surface area contributed by atoms with Gasteiger partial charge in [-0.2, -0.15) is 0 Å². The number of amides is 1. The van der Waals surface area contributed by atoms with E-state index in [1.807, 2.05) is 16.5 Å². The number of carbonyl (C=O) groups excluding carboxylic acids is 1. The lowest BCUT2D eigenvalue weighted by Crippen LogP contribution is -2.56. The third-order valence-electron chi connectivity index (χ3n) is 5.56. The molecule has 2 heterocycles. The first kappa shape index (κ1) is 16.4. The van der Waals surface area contributed by atoms with Crippen molar-refractivity contribution in [3.63, 3.8) is 0 Å². The number of likely N-dealkylation sites (tertiary alicyclic amines) is 1. The number of aromatic nitrogens is 4. The van der Waals surface area contributed by atoms with E-state index >= 15 is 0 Å². The number of carbonyl (C=O) groups is 1. The van der Waals surface area contributed by atoms with Gasteiger partial charge >= 0.3 is 0 Å². The molecule has 0 radical (unpaired) electrons. The molecule has 3 rings (SSSR count). The van der Waals surface area contributed by atoms with Gasteiger partial charge < -0.3 is 4.90 Å². The quantitative estimate of drug-likeness (QED) is 0.842. The molecule has 128 valence electrons. The fraction of sp³-hybridized carbons (Fsp3) is 0.875. The predicted molar refractivity (Wildman–Crippen MR) is 86.8 cm³/mol. The molecule has 23 heavy (non-hydrogen) atoms. The Morgan fingerprint density at radius 1 is 1.30 bits per heavy atom. The molecule has 7 nitrogen and oxygen atoms in total. The Balaban J connectivity index is 1.95. The third-order valence-corrected chi connectivity index (χ3v) is 5.56. The van der Waals surface area contributed by atoms with Gasteiger partial charge in [0.15, 0.2) is 5.82 Å². The molecule has 1 aromatic rings. The largest absolute Gasteiger partial charge is 0.340 e. The van der Waals surface area contributed by atoms with Gasteiger partial charge in [0, 0.05) is 19.5 Å². The molecule has 1 saturated heterocycles. The fourth-order valence-electron chi connectivity index (χ4n) is 4.11. The highest BCUT2D eigenvalue weighted by molar-refractivity contribution is 5.76. The van der Waals surface area contributed by atoms with Crippen molar-refractivity contribution < 1.29 is 4.79 Å². The van der Waals surface area contributed by atoms with Gasteiger partial charge in [-0.25, -0.2) is 4.68 Å². The van der Waals surface area contributed by atoms with Crippen LogP contribution < -0.4 is 0 Å². The average molecular weight is 320 g/mol. The lowest BCUT2D eigenvalue weighted by molar-refractivity contribution is -0.135. The van der Waals surface area contributed by atoms with Crippen molar-refractivity contribution >= 4 is 5.91 Å². The molecule has 1 amide bonds. The smallest absolute Gasteiger partial charge is 0.222 e. The standard InChI is InChI=1S/C16H28N6O/c1-4-14(23)21-11-7-10-16(12-21,20(2)3)15-17-18-19-22(15)13-8-5-6-9-13/h13H,4-12H2,1-3H3. The highest BCUT2D eigenvalue weighted by Gasteiger charge is 2.45. The maximum absolute atomic E-state index is 12.2. The Labute approximate surface area is 138 Å². The minimum Gasteiger partial charge on any atom is -0.340 e. The molecule has 7 heteroatoms. The van der Waals surface area contributed by atoms with Crippen LogP contribution in [0.3, 0.4) is 0 Å². The average Bonchev–Trinajstić information content (AvgIpc) is 3.24. The summed E-state index contributed by atoms with van der Waals surface area (Å²) in [6.07, 6.45) is 7.33. The Hall–Kier alpha value is -1.50. The first-order chi connectivity index (χ1) is 11.1. The maximum atomic E-state index is 12.2. The molecular weight excluding hydrogens is 292 g/mol. The monoisotopic (exact) mass is 320 g/mol. The second-order valence-corrected chi connectivity index (χ2v) is 7.08. The van der Waals surface area contributed by atoms with E-state index in [0.29, 0.717) is 19.0 Å². The summed E-state index contributed by atoms with van der Waals surface area (Å²) >= 11 is 0. The van der Waals surface area contributed by atoms with Crippen LogP contribution in [0.15, 0.2) is 0 Å². The summed E-state index contributed by atoms with van der Waals surface area (Å²) in [7, 11) is 4.15. The fourth-order valence-corrected chi connectivity index (χ4v) is 4.11. The molecule has 1 aromatic heterocycles. The van der Waals surface area contributed by atoms with Crippen LogP contribution >= 0.6 is 0 Å². The topological polar surface area (TPSA) is 67.2 Å². The van der Waals surface area contributed by atoms with Crippen LogP contribution in [-0.2, 0) is 10.3 Å². The summed E-state index contributed by atoms with van der Waals surface area (Å²) in [6.45, 7) is 3.45. The summed E-state index contributed by atoms with van der Waals surface area (Å²) in [6, 6.07) is 0.411. The molecule has 2 aliphatic rings. The molecule has 1 saturated carbocycles. The second-order valence-electron chi connectivity index (χ2n) is 7.08. The van der Waals surface area contributed by atoms with Crippen molar-refractivity contribution in [3.05, 3.63) is 5.82 Å². The van der Waals surface area contributed by atoms with Crippen LogP contribution in [0.25, 0.3) is 0 Å². The molecule has 1 unspecified atom stereocenters. The van der Waals surface area contributed by atoms with Crippen LogP contribution in [0, 0.1) is 0 Å². The normalized spacial score (nSPS) is 26.2. The zero-order valence-corrected chi connectivity index (χ0v) is 14.5. The van der Waals surface area contributed by atoms with E-state index < -0.39 is 0 Å². The molecule has 2 fully saturated rings. The summed E-state index contributed by atoms with van der Waals surface area (Å²) < 4.78 is 2.05. The lowest BCUT2D eigenvalue weighted by Gasteiger charge is -2.46. The minimum atomic E-state index is -0.283. The van der Waals surface area contributed by atoms with Gasteiger partial charge in [-0.3, -0.25) is 9.69 Å². The van der Waals surface area contributed by atoms with Crippen LogP contribution in [-0.4, -0.2) is 63.1 Å². The van der Waals surface area contributed by atoms with Gasteiger partial charge in [0.1, 0.15) is 5.54 Å². The predicted octanol–water partition coefficient (Wildman–Crippen LogP) is 1.58. The summed E-state index contributed by atoms with van der Waals surface area (Å²) in [4.78, 5) is 16.4. The molecule has 0 bridgehead atoms. The Morgan fingerprint density at radius 3 is 2.70 bits per heavy atom. The summed E-state index contributed by atoms with van der Waals surface area (Å²) in [5.41, 5.74) is -0.283. The van der Waals surface area contributed by atoms with Gasteiger partial charge in [-0.05, 0) is 50.2 Å². The van der Waals surface area contributed by atoms with Crippen LogP contribution in [0.4, 0.5) is 0 Å². The molecular formula is C16H28N6O. The Morgan fingerprint density at radius 2 is 2.04 bits per heavy atom. The van der Waals surface area contributed by atoms with Gasteiger partial charge in [-0.1, -0.05) is 19.8 Å². The first-order valence-corrected chi connectivity index (χ1v) is 8.82. The van der Waals surface area contributed by atoms with Gasteiger partial charge in [0.2, 0.25) is 5.91 Å². The number of likely N-dealkylation sites (N-methyl/N-ethyl adjacent to an activating group) is 1.